The first-order valence-electron chi connectivity index (χ1n) is 18.5. The summed E-state index contributed by atoms with van der Waals surface area (Å²) in [6, 6.07) is 47.8. The third-order valence-corrected chi connectivity index (χ3v) is 14.3. The Kier molecular flexibility index (Phi) is 10.7. The van der Waals surface area contributed by atoms with Crippen molar-refractivity contribution in [1.29, 1.82) is 0 Å². The van der Waals surface area contributed by atoms with Gasteiger partial charge in [0.15, 0.2) is 6.98 Å². The molecule has 0 atom stereocenters. The smallest absolute Gasteiger partial charge is 0.684 e. The first-order chi connectivity index (χ1) is 25.6. The number of para-hydroxylation sites is 3. The van der Waals surface area contributed by atoms with Crippen LogP contribution < -0.4 is 24.0 Å². The van der Waals surface area contributed by atoms with Crippen molar-refractivity contribution in [3.63, 3.8) is 0 Å². The fourth-order valence-corrected chi connectivity index (χ4v) is 9.65. The Hall–Kier alpha value is -4.58. The molecule has 7 aromatic rings. The molecule has 0 radical (unpaired) electrons. The summed E-state index contributed by atoms with van der Waals surface area (Å²) in [6.07, 6.45) is 3.60. The molecule has 6 nitrogen and oxygen atoms in total. The Morgan fingerprint density at radius 3 is 2.17 bits per heavy atom. The van der Waals surface area contributed by atoms with E-state index in [2.05, 4.69) is 158 Å². The normalized spacial score (nSPS) is 12.6. The van der Waals surface area contributed by atoms with Crippen molar-refractivity contribution in [3.05, 3.63) is 156 Å². The number of rotatable bonds is 9. The van der Waals surface area contributed by atoms with Gasteiger partial charge in [0.25, 0.3) is 0 Å². The van der Waals surface area contributed by atoms with Crippen molar-refractivity contribution in [2.24, 2.45) is 0 Å². The Labute approximate surface area is 337 Å². The van der Waals surface area contributed by atoms with Gasteiger partial charge >= 0.3 is 185 Å². The van der Waals surface area contributed by atoms with Crippen molar-refractivity contribution >= 4 is 58.2 Å². The summed E-state index contributed by atoms with van der Waals surface area (Å²) in [5, 5.41) is 5.28. The molecule has 0 aliphatic carbocycles. The summed E-state index contributed by atoms with van der Waals surface area (Å²) in [5.41, 5.74) is 10.0. The van der Waals surface area contributed by atoms with Crippen LogP contribution in [0.15, 0.2) is 127 Å². The summed E-state index contributed by atoms with van der Waals surface area (Å²) < 4.78 is 12.1. The number of hydrogen-bond donors (Lipinski definition) is 0. The predicted octanol–water partition coefficient (Wildman–Crippen LogP) is 10.0. The maximum absolute atomic E-state index is 6.50. The Morgan fingerprint density at radius 2 is 1.44 bits per heavy atom. The van der Waals surface area contributed by atoms with E-state index < -0.39 is 13.3 Å². The minimum atomic E-state index is -2.10. The number of nitrogens with zero attached hydrogens (tertiary/aromatic N) is 5. The van der Waals surface area contributed by atoms with Gasteiger partial charge in [-0.3, -0.25) is 0 Å². The molecule has 0 unspecified atom stereocenters. The van der Waals surface area contributed by atoms with E-state index in [0.717, 1.165) is 39.4 Å². The fraction of sp³-hybridized carbons (Fsp3) is 0.200. The number of imidazole rings is 1. The molecule has 0 amide bonds. The molecule has 54 heavy (non-hydrogen) atoms. The molecular weight excluding hydrogens is 905 g/mol. The van der Waals surface area contributed by atoms with Gasteiger partial charge in [-0.25, -0.2) is 0 Å². The summed E-state index contributed by atoms with van der Waals surface area (Å²) >= 11 is -2.10. The average Bonchev–Trinajstić information content (AvgIpc) is 3.74. The van der Waals surface area contributed by atoms with E-state index >= 15 is 0 Å². The maximum atomic E-state index is 6.50. The molecule has 0 spiro atoms. The first kappa shape index (κ1) is 37.7. The number of benzene rings is 5. The molecule has 274 valence electrons. The molecule has 0 fully saturated rings. The zero-order valence-electron chi connectivity index (χ0n) is 31.8. The van der Waals surface area contributed by atoms with Crippen LogP contribution in [0.4, 0.5) is 17.1 Å². The van der Waals surface area contributed by atoms with E-state index in [0.29, 0.717) is 23.5 Å². The number of pyridine rings is 1. The molecule has 0 saturated heterocycles. The second kappa shape index (κ2) is 15.3. The zero-order chi connectivity index (χ0) is 36.9. The SMILES string of the molecule is CC(C)c1cccc(C(C)C)c1N1B(c2[c-]c(Oc3cccc(-n4[c-][n+](-c5ccccc5)c5c[c]([Ge]([CH3])([CH3])[CH3])ccc54)n3)ccc2)[N-]c2ccccc21.[Pt]. The number of aromatic nitrogens is 3. The van der Waals surface area contributed by atoms with E-state index in [1.165, 1.54) is 21.2 Å². The van der Waals surface area contributed by atoms with Crippen LogP contribution in [0.25, 0.3) is 27.8 Å². The molecule has 0 N–H and O–H groups in total. The van der Waals surface area contributed by atoms with Gasteiger partial charge in [-0.1, -0.05) is 64.1 Å². The van der Waals surface area contributed by atoms with E-state index in [4.69, 9.17) is 14.9 Å². The first-order valence-corrected chi connectivity index (χ1v) is 25.9. The van der Waals surface area contributed by atoms with Gasteiger partial charge in [-0.2, -0.15) is 6.07 Å². The minimum Gasteiger partial charge on any atom is -0.684 e. The molecule has 1 aliphatic heterocycles. The topological polar surface area (TPSA) is 48.3 Å². The zero-order valence-corrected chi connectivity index (χ0v) is 36.2. The molecule has 0 saturated carbocycles. The monoisotopic (exact) mass is 950 g/mol. The number of ether oxygens (including phenoxy) is 1. The molecule has 1 aliphatic rings. The van der Waals surface area contributed by atoms with Gasteiger partial charge in [0.1, 0.15) is 0 Å². The van der Waals surface area contributed by atoms with Crippen LogP contribution in [0.2, 0.25) is 17.3 Å². The molecule has 9 heteroatoms. The number of hydrogen-bond acceptors (Lipinski definition) is 3. The van der Waals surface area contributed by atoms with Crippen LogP contribution in [-0.2, 0) is 21.1 Å². The quantitative estimate of drug-likeness (QED) is 0.0823. The molecule has 5 aromatic carbocycles. The predicted molar refractivity (Wildman–Crippen MR) is 221 cm³/mol. The molecular formula is C45H44BGeN5OPt-2. The second-order valence-corrected chi connectivity index (χ2v) is 26.1. The Morgan fingerprint density at radius 1 is 0.759 bits per heavy atom. The number of anilines is 2. The van der Waals surface area contributed by atoms with Gasteiger partial charge in [0.2, 0.25) is 0 Å². The standard InChI is InChI=1S/C45H44BGeN5O.Pt/c1-31(2)37-20-14-21-38(32(3)4)45(37)52-40-23-12-11-22-39(40)49-46(52)33-16-13-19-36(28-33)53-44-25-15-24-43(48-44)51-30-50(35-17-9-8-10-18-35)42-29-34(47(5,6)7)26-27-41(42)51;/h8-27,29,31-32H,1-7H3;/q-2;. The van der Waals surface area contributed by atoms with Crippen molar-refractivity contribution in [2.75, 3.05) is 4.81 Å². The summed E-state index contributed by atoms with van der Waals surface area (Å²) in [6.45, 7) is 8.75. The van der Waals surface area contributed by atoms with E-state index in [1.807, 2.05) is 41.0 Å². The second-order valence-electron chi connectivity index (χ2n) is 15.4. The van der Waals surface area contributed by atoms with Crippen LogP contribution in [0.5, 0.6) is 11.6 Å². The van der Waals surface area contributed by atoms with Crippen LogP contribution in [-0.4, -0.2) is 29.8 Å². The van der Waals surface area contributed by atoms with Crippen LogP contribution >= 0.6 is 0 Å². The van der Waals surface area contributed by atoms with Gasteiger partial charge < -0.3 is 10.0 Å². The molecule has 0 bridgehead atoms. The third-order valence-electron chi connectivity index (χ3n) is 9.99. The van der Waals surface area contributed by atoms with E-state index in [1.54, 1.807) is 0 Å². The summed E-state index contributed by atoms with van der Waals surface area (Å²) in [7, 11) is 0. The van der Waals surface area contributed by atoms with Crippen LogP contribution in [0.3, 0.4) is 0 Å². The van der Waals surface area contributed by atoms with Crippen LogP contribution in [0.1, 0.15) is 50.7 Å². The van der Waals surface area contributed by atoms with E-state index in [9.17, 15) is 0 Å². The average molecular weight is 949 g/mol. The van der Waals surface area contributed by atoms with Gasteiger partial charge in [0.05, 0.1) is 0 Å². The summed E-state index contributed by atoms with van der Waals surface area (Å²) in [5.74, 6) is 9.75. The number of fused-ring (bicyclic) bond motifs is 2. The van der Waals surface area contributed by atoms with Gasteiger partial charge in [-0.05, 0) is 29.0 Å². The van der Waals surface area contributed by atoms with Crippen molar-refractivity contribution < 1.29 is 30.4 Å². The van der Waals surface area contributed by atoms with Gasteiger partial charge in [0, 0.05) is 32.4 Å². The van der Waals surface area contributed by atoms with Crippen molar-refractivity contribution in [2.45, 2.75) is 56.8 Å². The third kappa shape index (κ3) is 7.16. The Bertz CT molecular complexity index is 2420. The van der Waals surface area contributed by atoms with Gasteiger partial charge in [-0.15, -0.1) is 5.69 Å². The van der Waals surface area contributed by atoms with Crippen molar-refractivity contribution in [1.82, 2.24) is 9.55 Å². The molecule has 8 rings (SSSR count). The minimum absolute atomic E-state index is 0. The van der Waals surface area contributed by atoms with Crippen molar-refractivity contribution in [3.8, 4) is 23.1 Å². The van der Waals surface area contributed by atoms with Crippen LogP contribution in [0, 0.1) is 12.4 Å². The molecule has 3 heterocycles. The summed E-state index contributed by atoms with van der Waals surface area (Å²) in [4.78, 5) is 7.41. The molecule has 2 aromatic heterocycles. The Balaban J connectivity index is 0.00000450. The van der Waals surface area contributed by atoms with E-state index in [-0.39, 0.29) is 28.0 Å². The fourth-order valence-electron chi connectivity index (χ4n) is 7.23.